The quantitative estimate of drug-likeness (QED) is 0.216. The molecule has 4 aromatic carbocycles. The van der Waals surface area contributed by atoms with Crippen molar-refractivity contribution in [3.63, 3.8) is 0 Å². The topological polar surface area (TPSA) is 26.3 Å². The highest BCUT2D eigenvalue weighted by Crippen LogP contribution is 2.43. The molecule has 2 nitrogen and oxygen atoms in total. The van der Waals surface area contributed by atoms with Gasteiger partial charge in [0, 0.05) is 27.1 Å². The molecule has 2 aromatic heterocycles. The fourth-order valence-corrected chi connectivity index (χ4v) is 6.40. The van der Waals surface area contributed by atoms with Crippen LogP contribution in [-0.2, 0) is 28.1 Å². The second-order valence-corrected chi connectivity index (χ2v) is 16.1. The van der Waals surface area contributed by atoms with Gasteiger partial charge in [0.1, 0.15) is 22.3 Å². The summed E-state index contributed by atoms with van der Waals surface area (Å²) in [5.41, 5.74) is 10.3. The van der Waals surface area contributed by atoms with Crippen LogP contribution in [0.2, 0.25) is 0 Å². The number of benzene rings is 4. The first-order chi connectivity index (χ1) is 19.4. The van der Waals surface area contributed by atoms with Crippen LogP contribution in [0.4, 0.5) is 0 Å². The first-order valence-corrected chi connectivity index (χ1v) is 15.4. The van der Waals surface area contributed by atoms with Gasteiger partial charge in [0.15, 0.2) is 0 Å². The maximum Gasteiger partial charge on any atom is 0.139 e. The van der Waals surface area contributed by atoms with E-state index in [0.29, 0.717) is 0 Å². The first kappa shape index (κ1) is 28.6. The SMILES string of the molecule is CC(C)(C)c1ccc2c(c1)oc1cc(C(C)(C)C)cc(CC(C)(C)c3cccc4c3oc3ccc(C(C)(C)C)cc34)c12. The number of fused-ring (bicyclic) bond motifs is 6. The van der Waals surface area contributed by atoms with Crippen LogP contribution in [0.5, 0.6) is 0 Å². The Hall–Kier alpha value is -3.52. The zero-order valence-electron chi connectivity index (χ0n) is 27.4. The minimum Gasteiger partial charge on any atom is -0.456 e. The van der Waals surface area contributed by atoms with Gasteiger partial charge >= 0.3 is 0 Å². The van der Waals surface area contributed by atoms with Gasteiger partial charge in [-0.15, -0.1) is 0 Å². The predicted octanol–water partition coefficient (Wildman–Crippen LogP) is 11.9. The lowest BCUT2D eigenvalue weighted by Gasteiger charge is -2.27. The molecule has 0 atom stereocenters. The van der Waals surface area contributed by atoms with Gasteiger partial charge in [-0.25, -0.2) is 0 Å². The smallest absolute Gasteiger partial charge is 0.139 e. The summed E-state index contributed by atoms with van der Waals surface area (Å²) in [6, 6.07) is 24.8. The van der Waals surface area contributed by atoms with Crippen molar-refractivity contribution in [2.24, 2.45) is 0 Å². The molecule has 2 heterocycles. The van der Waals surface area contributed by atoms with Crippen LogP contribution < -0.4 is 0 Å². The van der Waals surface area contributed by atoms with Crippen LogP contribution in [-0.4, -0.2) is 0 Å². The normalized spacial score (nSPS) is 13.7. The zero-order valence-corrected chi connectivity index (χ0v) is 27.4. The molecule has 0 saturated carbocycles. The summed E-state index contributed by atoms with van der Waals surface area (Å²) in [6.45, 7) is 25.1. The van der Waals surface area contributed by atoms with Crippen molar-refractivity contribution in [3.05, 3.63) is 94.5 Å². The Morgan fingerprint density at radius 2 is 1.12 bits per heavy atom. The second-order valence-electron chi connectivity index (χ2n) is 16.1. The second kappa shape index (κ2) is 9.24. The molecule has 0 amide bonds. The van der Waals surface area contributed by atoms with Gasteiger partial charge in [0.05, 0.1) is 0 Å². The summed E-state index contributed by atoms with van der Waals surface area (Å²) in [7, 11) is 0. The molecule has 0 radical (unpaired) electrons. The fraction of sp³-hybridized carbons (Fsp3) is 0.400. The van der Waals surface area contributed by atoms with Crippen molar-refractivity contribution in [3.8, 4) is 0 Å². The standard InChI is InChI=1S/C40H46O2/c1-37(2,3)25-16-18-32-30(20-25)28-13-12-14-31(36(28)42-32)40(10,11)23-24-19-27(39(7,8)9)22-34-35(24)29-17-15-26(38(4,5)6)21-33(29)41-34/h12-22H,23H2,1-11H3. The van der Waals surface area contributed by atoms with Gasteiger partial charge in [0.2, 0.25) is 0 Å². The maximum atomic E-state index is 6.62. The number of para-hydroxylation sites is 1. The lowest BCUT2D eigenvalue weighted by Crippen LogP contribution is -2.21. The van der Waals surface area contributed by atoms with Crippen LogP contribution in [0.25, 0.3) is 43.9 Å². The monoisotopic (exact) mass is 558 g/mol. The summed E-state index contributed by atoms with van der Waals surface area (Å²) >= 11 is 0. The van der Waals surface area contributed by atoms with E-state index in [2.05, 4.69) is 143 Å². The van der Waals surface area contributed by atoms with E-state index in [0.717, 1.165) is 28.8 Å². The van der Waals surface area contributed by atoms with Gasteiger partial charge in [-0.1, -0.05) is 119 Å². The molecule has 0 fully saturated rings. The van der Waals surface area contributed by atoms with Crippen molar-refractivity contribution < 1.29 is 8.83 Å². The van der Waals surface area contributed by atoms with Gasteiger partial charge < -0.3 is 8.83 Å². The third kappa shape index (κ3) is 4.83. The molecule has 0 aliphatic carbocycles. The molecule has 0 unspecified atom stereocenters. The Balaban J connectivity index is 1.53. The summed E-state index contributed by atoms with van der Waals surface area (Å²) in [5, 5.41) is 4.82. The van der Waals surface area contributed by atoms with E-state index < -0.39 is 0 Å². The van der Waals surface area contributed by atoms with Crippen molar-refractivity contribution in [2.45, 2.75) is 104 Å². The Labute approximate surface area is 251 Å². The van der Waals surface area contributed by atoms with Gasteiger partial charge in [-0.05, 0) is 74.6 Å². The minimum absolute atomic E-state index is 0.00609. The molecule has 0 N–H and O–H groups in total. The predicted molar refractivity (Wildman–Crippen MR) is 180 cm³/mol. The van der Waals surface area contributed by atoms with Crippen molar-refractivity contribution in [1.82, 2.24) is 0 Å². The molecule has 0 spiro atoms. The van der Waals surface area contributed by atoms with Crippen LogP contribution in [0.15, 0.2) is 75.6 Å². The molecule has 0 saturated heterocycles. The zero-order chi connectivity index (χ0) is 30.4. The number of hydrogen-bond acceptors (Lipinski definition) is 2. The van der Waals surface area contributed by atoms with Crippen molar-refractivity contribution >= 4 is 43.9 Å². The Morgan fingerprint density at radius 3 is 1.79 bits per heavy atom. The summed E-state index contributed by atoms with van der Waals surface area (Å²) in [5.74, 6) is 0. The lowest BCUT2D eigenvalue weighted by molar-refractivity contribution is 0.515. The van der Waals surface area contributed by atoms with E-state index in [1.807, 2.05) is 0 Å². The van der Waals surface area contributed by atoms with Gasteiger partial charge in [0.25, 0.3) is 0 Å². The fourth-order valence-electron chi connectivity index (χ4n) is 6.40. The summed E-state index contributed by atoms with van der Waals surface area (Å²) < 4.78 is 13.2. The molecule has 6 aromatic rings. The Morgan fingerprint density at radius 1 is 0.500 bits per heavy atom. The van der Waals surface area contributed by atoms with E-state index in [1.165, 1.54) is 49.4 Å². The highest BCUT2D eigenvalue weighted by molar-refractivity contribution is 6.08. The average molecular weight is 559 g/mol. The largest absolute Gasteiger partial charge is 0.456 e. The molecule has 0 bridgehead atoms. The molecular formula is C40H46O2. The van der Waals surface area contributed by atoms with E-state index in [9.17, 15) is 0 Å². The molecule has 0 aliphatic heterocycles. The summed E-state index contributed by atoms with van der Waals surface area (Å²) in [6.07, 6.45) is 0.868. The van der Waals surface area contributed by atoms with Gasteiger partial charge in [-0.2, -0.15) is 0 Å². The summed E-state index contributed by atoms with van der Waals surface area (Å²) in [4.78, 5) is 0. The third-order valence-electron chi connectivity index (χ3n) is 9.11. The number of rotatable bonds is 3. The maximum absolute atomic E-state index is 6.62. The Kier molecular flexibility index (Phi) is 6.29. The van der Waals surface area contributed by atoms with Crippen molar-refractivity contribution in [1.29, 1.82) is 0 Å². The van der Waals surface area contributed by atoms with Crippen LogP contribution in [0.1, 0.15) is 104 Å². The van der Waals surface area contributed by atoms with E-state index >= 15 is 0 Å². The Bertz CT molecular complexity index is 1970. The average Bonchev–Trinajstić information content (AvgIpc) is 3.44. The molecular weight excluding hydrogens is 512 g/mol. The van der Waals surface area contributed by atoms with E-state index in [1.54, 1.807) is 0 Å². The first-order valence-electron chi connectivity index (χ1n) is 15.4. The third-order valence-corrected chi connectivity index (χ3v) is 9.11. The molecule has 42 heavy (non-hydrogen) atoms. The van der Waals surface area contributed by atoms with Crippen molar-refractivity contribution in [2.75, 3.05) is 0 Å². The van der Waals surface area contributed by atoms with Crippen LogP contribution in [0, 0.1) is 0 Å². The number of furan rings is 2. The van der Waals surface area contributed by atoms with Gasteiger partial charge in [-0.3, -0.25) is 0 Å². The van der Waals surface area contributed by atoms with Crippen LogP contribution >= 0.6 is 0 Å². The lowest BCUT2D eigenvalue weighted by atomic mass is 9.76. The molecule has 0 aliphatic rings. The number of hydrogen-bond donors (Lipinski definition) is 0. The molecule has 6 rings (SSSR count). The highest BCUT2D eigenvalue weighted by atomic mass is 16.3. The molecule has 218 valence electrons. The molecule has 2 heteroatoms. The van der Waals surface area contributed by atoms with E-state index in [4.69, 9.17) is 8.83 Å². The minimum atomic E-state index is -0.182. The highest BCUT2D eigenvalue weighted by Gasteiger charge is 2.29. The van der Waals surface area contributed by atoms with Crippen LogP contribution in [0.3, 0.4) is 0 Å². The van der Waals surface area contributed by atoms with E-state index in [-0.39, 0.29) is 21.7 Å².